The predicted molar refractivity (Wildman–Crippen MR) is 61.4 cm³/mol. The number of ether oxygens (including phenoxy) is 1. The highest BCUT2D eigenvalue weighted by atomic mass is 35.5. The Balaban J connectivity index is 2.05. The van der Waals surface area contributed by atoms with Crippen molar-refractivity contribution >= 4 is 23.2 Å². The van der Waals surface area contributed by atoms with E-state index in [-0.39, 0.29) is 12.2 Å². The van der Waals surface area contributed by atoms with Crippen LogP contribution in [0.1, 0.15) is 23.3 Å². The number of alkyl halides is 2. The van der Waals surface area contributed by atoms with Crippen LogP contribution in [0.15, 0.2) is 24.3 Å². The van der Waals surface area contributed by atoms with Gasteiger partial charge in [-0.2, -0.15) is 0 Å². The lowest BCUT2D eigenvalue weighted by Crippen LogP contribution is -2.24. The van der Waals surface area contributed by atoms with Crippen LogP contribution >= 0.6 is 23.2 Å². The summed E-state index contributed by atoms with van der Waals surface area (Å²) in [4.78, 5) is 0. The summed E-state index contributed by atoms with van der Waals surface area (Å²) in [5.74, 6) is 2.02. The van der Waals surface area contributed by atoms with Gasteiger partial charge in [-0.15, -0.1) is 23.2 Å². The Labute approximate surface area is 99.3 Å². The summed E-state index contributed by atoms with van der Waals surface area (Å²) in [6, 6.07) is 8.40. The average molecular weight is 243 g/mol. The Kier molecular flexibility index (Phi) is 2.42. The summed E-state index contributed by atoms with van der Waals surface area (Å²) in [6.45, 7) is 0. The average Bonchev–Trinajstić information content (AvgIpc) is 2.84. The van der Waals surface area contributed by atoms with E-state index in [1.807, 2.05) is 0 Å². The van der Waals surface area contributed by atoms with Gasteiger partial charge in [-0.05, 0) is 11.1 Å². The van der Waals surface area contributed by atoms with Crippen LogP contribution in [0.4, 0.5) is 0 Å². The van der Waals surface area contributed by atoms with Crippen LogP contribution in [0.2, 0.25) is 0 Å². The molecule has 1 aromatic carbocycles. The molecule has 1 fully saturated rings. The van der Waals surface area contributed by atoms with Gasteiger partial charge >= 0.3 is 0 Å². The van der Waals surface area contributed by atoms with Crippen molar-refractivity contribution in [2.24, 2.45) is 11.8 Å². The molecule has 0 N–H and O–H groups in total. The van der Waals surface area contributed by atoms with Crippen molar-refractivity contribution in [2.45, 2.75) is 12.2 Å². The van der Waals surface area contributed by atoms with Gasteiger partial charge in [-0.3, -0.25) is 0 Å². The molecule has 0 radical (unpaired) electrons. The number of fused-ring (bicyclic) bond motifs is 5. The lowest BCUT2D eigenvalue weighted by molar-refractivity contribution is 0.0568. The topological polar surface area (TPSA) is 9.23 Å². The highest BCUT2D eigenvalue weighted by Crippen LogP contribution is 2.57. The van der Waals surface area contributed by atoms with Crippen molar-refractivity contribution in [1.82, 2.24) is 0 Å². The SMILES string of the molecule is ClC[C@@H]1[C@H](CCl)[C@H]2O[C@H]1c1ccccc12. The summed E-state index contributed by atoms with van der Waals surface area (Å²) in [5, 5.41) is 0. The van der Waals surface area contributed by atoms with Gasteiger partial charge in [0.15, 0.2) is 0 Å². The molecule has 1 nitrogen and oxygen atoms in total. The lowest BCUT2D eigenvalue weighted by Gasteiger charge is -2.26. The molecule has 2 aliphatic heterocycles. The summed E-state index contributed by atoms with van der Waals surface area (Å²) in [7, 11) is 0. The first-order valence-electron chi connectivity index (χ1n) is 5.23. The molecular weight excluding hydrogens is 231 g/mol. The number of hydrogen-bond donors (Lipinski definition) is 0. The van der Waals surface area contributed by atoms with Crippen LogP contribution < -0.4 is 0 Å². The third-order valence-electron chi connectivity index (χ3n) is 3.59. The monoisotopic (exact) mass is 242 g/mol. The zero-order valence-electron chi connectivity index (χ0n) is 8.20. The largest absolute Gasteiger partial charge is 0.365 e. The minimum atomic E-state index is 0.174. The first-order valence-corrected chi connectivity index (χ1v) is 6.30. The summed E-state index contributed by atoms with van der Waals surface area (Å²) < 4.78 is 5.98. The molecular formula is C12H12Cl2O. The number of hydrogen-bond acceptors (Lipinski definition) is 1. The summed E-state index contributed by atoms with van der Waals surface area (Å²) in [5.41, 5.74) is 2.63. The van der Waals surface area contributed by atoms with Crippen molar-refractivity contribution in [3.8, 4) is 0 Å². The maximum absolute atomic E-state index is 6.00. The maximum atomic E-state index is 6.00. The Bertz CT molecular complexity index is 345. The molecule has 3 rings (SSSR count). The molecule has 15 heavy (non-hydrogen) atoms. The Morgan fingerprint density at radius 3 is 1.80 bits per heavy atom. The first kappa shape index (κ1) is 9.95. The van der Waals surface area contributed by atoms with Crippen molar-refractivity contribution in [3.63, 3.8) is 0 Å². The Hall–Kier alpha value is -0.240. The zero-order valence-corrected chi connectivity index (χ0v) is 9.71. The van der Waals surface area contributed by atoms with Crippen molar-refractivity contribution in [3.05, 3.63) is 35.4 Å². The molecule has 0 saturated carbocycles. The molecule has 1 saturated heterocycles. The van der Waals surface area contributed by atoms with Crippen LogP contribution in [-0.2, 0) is 4.74 Å². The Morgan fingerprint density at radius 1 is 0.933 bits per heavy atom. The molecule has 0 unspecified atom stereocenters. The van der Waals surface area contributed by atoms with Gasteiger partial charge in [0.25, 0.3) is 0 Å². The summed E-state index contributed by atoms with van der Waals surface area (Å²) >= 11 is 12.0. The third-order valence-corrected chi connectivity index (χ3v) is 4.30. The van der Waals surface area contributed by atoms with Crippen molar-refractivity contribution in [1.29, 1.82) is 0 Å². The standard InChI is InChI=1S/C12H12Cl2O/c13-5-9-10(6-14)12-8-4-2-1-3-7(8)11(9)15-12/h1-4,9-12H,5-6H2/t9-,10+,11-,12-/m0/s1. The van der Waals surface area contributed by atoms with Crippen molar-refractivity contribution in [2.75, 3.05) is 11.8 Å². The predicted octanol–water partition coefficient (Wildman–Crippen LogP) is 3.52. The third kappa shape index (κ3) is 1.27. The van der Waals surface area contributed by atoms with Crippen LogP contribution in [0.25, 0.3) is 0 Å². The second-order valence-corrected chi connectivity index (χ2v) is 4.86. The molecule has 0 aliphatic carbocycles. The van der Waals surface area contributed by atoms with Crippen LogP contribution in [0.3, 0.4) is 0 Å². The maximum Gasteiger partial charge on any atom is 0.0880 e. The lowest BCUT2D eigenvalue weighted by atomic mass is 9.78. The quantitative estimate of drug-likeness (QED) is 0.722. The highest BCUT2D eigenvalue weighted by Gasteiger charge is 2.51. The van der Waals surface area contributed by atoms with Gasteiger partial charge in [0.2, 0.25) is 0 Å². The van der Waals surface area contributed by atoms with Crippen LogP contribution in [0, 0.1) is 11.8 Å². The molecule has 2 bridgehead atoms. The zero-order chi connectivity index (χ0) is 10.4. The van der Waals surface area contributed by atoms with Crippen LogP contribution in [0.5, 0.6) is 0 Å². The molecule has 1 aromatic rings. The fourth-order valence-corrected chi connectivity index (χ4v) is 3.62. The molecule has 4 atom stereocenters. The molecule has 3 heteroatoms. The van der Waals surface area contributed by atoms with Gasteiger partial charge in [0.05, 0.1) is 12.2 Å². The van der Waals surface area contributed by atoms with E-state index >= 15 is 0 Å². The molecule has 80 valence electrons. The minimum Gasteiger partial charge on any atom is -0.365 e. The smallest absolute Gasteiger partial charge is 0.0880 e. The van der Waals surface area contributed by atoms with Gasteiger partial charge in [0, 0.05) is 23.6 Å². The fourth-order valence-electron chi connectivity index (χ4n) is 2.84. The number of benzene rings is 1. The van der Waals surface area contributed by atoms with Gasteiger partial charge in [0.1, 0.15) is 0 Å². The Morgan fingerprint density at radius 2 is 1.40 bits per heavy atom. The number of rotatable bonds is 2. The molecule has 2 heterocycles. The molecule has 0 amide bonds. The second-order valence-electron chi connectivity index (χ2n) is 4.24. The highest BCUT2D eigenvalue weighted by molar-refractivity contribution is 6.19. The minimum absolute atomic E-state index is 0.174. The molecule has 2 aliphatic rings. The number of halogens is 2. The van der Waals surface area contributed by atoms with Gasteiger partial charge < -0.3 is 4.74 Å². The normalized spacial score (nSPS) is 36.9. The van der Waals surface area contributed by atoms with Crippen LogP contribution in [-0.4, -0.2) is 11.8 Å². The molecule has 0 spiro atoms. The van der Waals surface area contributed by atoms with E-state index in [2.05, 4.69) is 24.3 Å². The van der Waals surface area contributed by atoms with Gasteiger partial charge in [-0.1, -0.05) is 24.3 Å². The van der Waals surface area contributed by atoms with E-state index < -0.39 is 0 Å². The first-order chi connectivity index (χ1) is 7.36. The van der Waals surface area contributed by atoms with E-state index in [1.54, 1.807) is 0 Å². The van der Waals surface area contributed by atoms with E-state index in [9.17, 15) is 0 Å². The van der Waals surface area contributed by atoms with E-state index in [4.69, 9.17) is 27.9 Å². The second kappa shape index (κ2) is 3.65. The van der Waals surface area contributed by atoms with Gasteiger partial charge in [-0.25, -0.2) is 0 Å². The van der Waals surface area contributed by atoms with Crippen molar-refractivity contribution < 1.29 is 4.74 Å². The van der Waals surface area contributed by atoms with E-state index in [0.717, 1.165) is 0 Å². The van der Waals surface area contributed by atoms with E-state index in [1.165, 1.54) is 11.1 Å². The fraction of sp³-hybridized carbons (Fsp3) is 0.500. The molecule has 0 aromatic heterocycles. The van der Waals surface area contributed by atoms with E-state index in [0.29, 0.717) is 23.6 Å². The summed E-state index contributed by atoms with van der Waals surface area (Å²) in [6.07, 6.45) is 0.347.